The second kappa shape index (κ2) is 9.42. The molecule has 5 rings (SSSR count). The summed E-state index contributed by atoms with van der Waals surface area (Å²) in [6.45, 7) is 9.63. The minimum Gasteiger partial charge on any atom is -0.507 e. The molecule has 1 aliphatic rings. The number of aromatic amines is 2. The fourth-order valence-electron chi connectivity index (χ4n) is 4.59. The number of fused-ring (bicyclic) bond motifs is 1. The van der Waals surface area contributed by atoms with Crippen LogP contribution in [0.2, 0.25) is 0 Å². The molecule has 0 bridgehead atoms. The number of carbonyl (C=O) groups excluding carboxylic acids is 1. The van der Waals surface area contributed by atoms with Crippen molar-refractivity contribution < 1.29 is 14.6 Å². The van der Waals surface area contributed by atoms with Crippen molar-refractivity contribution in [1.82, 2.24) is 25.7 Å². The molecule has 0 radical (unpaired) electrons. The Labute approximate surface area is 203 Å². The first-order valence-electron chi connectivity index (χ1n) is 12.0. The number of ether oxygens (including phenoxy) is 1. The van der Waals surface area contributed by atoms with E-state index in [9.17, 15) is 9.90 Å². The van der Waals surface area contributed by atoms with Crippen LogP contribution in [0, 0.1) is 0 Å². The fraction of sp³-hybridized carbons (Fsp3) is 0.346. The normalized spacial score (nSPS) is 14.1. The lowest BCUT2D eigenvalue weighted by molar-refractivity contribution is 0.0951. The van der Waals surface area contributed by atoms with Crippen LogP contribution in [0.4, 0.5) is 5.69 Å². The molecule has 0 aliphatic carbocycles. The maximum atomic E-state index is 12.9. The molecule has 9 nitrogen and oxygen atoms in total. The van der Waals surface area contributed by atoms with Crippen molar-refractivity contribution in [3.05, 3.63) is 47.8 Å². The molecule has 2 aromatic carbocycles. The van der Waals surface area contributed by atoms with E-state index in [1.54, 1.807) is 6.07 Å². The Balaban J connectivity index is 1.63. The summed E-state index contributed by atoms with van der Waals surface area (Å²) in [5.74, 6) is 0.0280. The van der Waals surface area contributed by atoms with Crippen LogP contribution in [0.5, 0.6) is 5.75 Å². The van der Waals surface area contributed by atoms with Crippen molar-refractivity contribution in [3.63, 3.8) is 0 Å². The summed E-state index contributed by atoms with van der Waals surface area (Å²) in [6, 6.07) is 11.6. The molecular formula is C26H30N6O3. The van der Waals surface area contributed by atoms with E-state index in [0.29, 0.717) is 42.3 Å². The Hall–Kier alpha value is -3.85. The van der Waals surface area contributed by atoms with Crippen LogP contribution in [-0.4, -0.2) is 64.3 Å². The number of phenols is 1. The third-order valence-corrected chi connectivity index (χ3v) is 6.37. The first-order chi connectivity index (χ1) is 17.0. The molecule has 4 N–H and O–H groups in total. The molecule has 3 heterocycles. The molecule has 2 aromatic heterocycles. The van der Waals surface area contributed by atoms with Crippen LogP contribution in [-0.2, 0) is 4.74 Å². The second-order valence-electron chi connectivity index (χ2n) is 9.01. The molecule has 182 valence electrons. The first kappa shape index (κ1) is 22.9. The lowest BCUT2D eigenvalue weighted by Crippen LogP contribution is -2.36. The summed E-state index contributed by atoms with van der Waals surface area (Å²) in [5, 5.41) is 29.5. The zero-order valence-corrected chi connectivity index (χ0v) is 20.2. The van der Waals surface area contributed by atoms with E-state index < -0.39 is 0 Å². The van der Waals surface area contributed by atoms with E-state index in [0.717, 1.165) is 40.9 Å². The smallest absolute Gasteiger partial charge is 0.269 e. The summed E-state index contributed by atoms with van der Waals surface area (Å²) in [5.41, 5.74) is 5.67. The number of amides is 1. The van der Waals surface area contributed by atoms with Crippen LogP contribution < -0.4 is 10.2 Å². The molecule has 0 atom stereocenters. The number of rotatable bonds is 6. The predicted octanol–water partition coefficient (Wildman–Crippen LogP) is 4.04. The van der Waals surface area contributed by atoms with E-state index in [-0.39, 0.29) is 17.6 Å². The number of anilines is 1. The third-order valence-electron chi connectivity index (χ3n) is 6.37. The monoisotopic (exact) mass is 474 g/mol. The average Bonchev–Trinajstić information content (AvgIpc) is 3.48. The second-order valence-corrected chi connectivity index (χ2v) is 9.01. The Kier molecular flexibility index (Phi) is 6.17. The summed E-state index contributed by atoms with van der Waals surface area (Å²) in [4.78, 5) is 15.2. The highest BCUT2D eigenvalue weighted by atomic mass is 16.5. The minimum absolute atomic E-state index is 0.0663. The highest BCUT2D eigenvalue weighted by Crippen LogP contribution is 2.40. The van der Waals surface area contributed by atoms with Crippen LogP contribution in [0.1, 0.15) is 42.9 Å². The maximum Gasteiger partial charge on any atom is 0.269 e. The molecule has 35 heavy (non-hydrogen) atoms. The molecule has 1 saturated heterocycles. The maximum absolute atomic E-state index is 12.9. The number of benzene rings is 2. The van der Waals surface area contributed by atoms with E-state index >= 15 is 0 Å². The fourth-order valence-corrected chi connectivity index (χ4v) is 4.59. The number of carbonyl (C=O) groups is 1. The van der Waals surface area contributed by atoms with Gasteiger partial charge in [0, 0.05) is 47.9 Å². The van der Waals surface area contributed by atoms with Crippen LogP contribution in [0.15, 0.2) is 36.4 Å². The number of hydrogen-bond acceptors (Lipinski definition) is 6. The summed E-state index contributed by atoms with van der Waals surface area (Å²) >= 11 is 0. The van der Waals surface area contributed by atoms with Crippen molar-refractivity contribution in [2.75, 3.05) is 37.7 Å². The molecule has 4 aromatic rings. The lowest BCUT2D eigenvalue weighted by atomic mass is 9.95. The van der Waals surface area contributed by atoms with E-state index in [4.69, 9.17) is 4.74 Å². The highest BCUT2D eigenvalue weighted by molar-refractivity contribution is 6.04. The molecule has 1 aliphatic heterocycles. The molecule has 1 amide bonds. The van der Waals surface area contributed by atoms with Gasteiger partial charge in [-0.1, -0.05) is 26.0 Å². The van der Waals surface area contributed by atoms with E-state index in [1.165, 1.54) is 0 Å². The van der Waals surface area contributed by atoms with E-state index in [1.807, 2.05) is 25.1 Å². The number of aromatic nitrogens is 4. The Morgan fingerprint density at radius 3 is 2.57 bits per heavy atom. The number of nitrogens with one attached hydrogen (secondary N) is 3. The molecule has 0 saturated carbocycles. The number of phenolic OH excluding ortho intramolecular Hbond substituents is 1. The SMILES string of the molecule is CCNC(=O)c1[nH]nc(-c2cc3c(C(C)C)n[nH]c3cc2O)c1-c1ccc(N2CCOCC2)cc1. The molecular weight excluding hydrogens is 444 g/mol. The van der Waals surface area contributed by atoms with E-state index in [2.05, 4.69) is 56.6 Å². The van der Waals surface area contributed by atoms with Crippen molar-refractivity contribution >= 4 is 22.5 Å². The van der Waals surface area contributed by atoms with Crippen LogP contribution in [0.3, 0.4) is 0 Å². The number of aromatic hydroxyl groups is 1. The van der Waals surface area contributed by atoms with Crippen molar-refractivity contribution in [2.24, 2.45) is 0 Å². The largest absolute Gasteiger partial charge is 0.507 e. The summed E-state index contributed by atoms with van der Waals surface area (Å²) in [7, 11) is 0. The van der Waals surface area contributed by atoms with Gasteiger partial charge in [0.05, 0.1) is 24.4 Å². The van der Waals surface area contributed by atoms with Gasteiger partial charge in [0.25, 0.3) is 5.91 Å². The molecule has 1 fully saturated rings. The average molecular weight is 475 g/mol. The molecule has 0 spiro atoms. The highest BCUT2D eigenvalue weighted by Gasteiger charge is 2.25. The minimum atomic E-state index is -0.245. The van der Waals surface area contributed by atoms with Crippen molar-refractivity contribution in [1.29, 1.82) is 0 Å². The van der Waals surface area contributed by atoms with Crippen molar-refractivity contribution in [2.45, 2.75) is 26.7 Å². The van der Waals surface area contributed by atoms with Gasteiger partial charge >= 0.3 is 0 Å². The lowest BCUT2D eigenvalue weighted by Gasteiger charge is -2.29. The Bertz CT molecular complexity index is 1350. The number of morpholine rings is 1. The third kappa shape index (κ3) is 4.23. The van der Waals surface area contributed by atoms with Gasteiger partial charge in [0.1, 0.15) is 17.1 Å². The zero-order chi connectivity index (χ0) is 24.5. The number of nitrogens with zero attached hydrogens (tertiary/aromatic N) is 3. The quantitative estimate of drug-likeness (QED) is 0.335. The Morgan fingerprint density at radius 2 is 1.89 bits per heavy atom. The topological polar surface area (TPSA) is 119 Å². The van der Waals surface area contributed by atoms with Gasteiger partial charge in [-0.15, -0.1) is 0 Å². The van der Waals surface area contributed by atoms with Crippen LogP contribution in [0.25, 0.3) is 33.3 Å². The van der Waals surface area contributed by atoms with Crippen molar-refractivity contribution in [3.8, 4) is 28.1 Å². The summed E-state index contributed by atoms with van der Waals surface area (Å²) in [6.07, 6.45) is 0. The predicted molar refractivity (Wildman–Crippen MR) is 136 cm³/mol. The standard InChI is InChI=1S/C26H30N6O3/c1-4-27-26(34)25-22(16-5-7-17(8-6-16)32-9-11-35-12-10-32)24(30-31-25)19-13-18-20(14-21(19)33)28-29-23(18)15(2)3/h5-8,13-15,33H,4,9-12H2,1-3H3,(H,27,34)(H,28,29)(H,30,31). The summed E-state index contributed by atoms with van der Waals surface area (Å²) < 4.78 is 5.46. The number of hydrogen-bond donors (Lipinski definition) is 4. The Morgan fingerprint density at radius 1 is 1.14 bits per heavy atom. The molecule has 9 heteroatoms. The zero-order valence-electron chi connectivity index (χ0n) is 20.2. The van der Waals surface area contributed by atoms with Gasteiger partial charge in [-0.3, -0.25) is 15.0 Å². The van der Waals surface area contributed by atoms with Gasteiger partial charge in [-0.25, -0.2) is 0 Å². The van der Waals surface area contributed by atoms with Gasteiger partial charge < -0.3 is 20.1 Å². The van der Waals surface area contributed by atoms with Gasteiger partial charge in [0.15, 0.2) is 0 Å². The van der Waals surface area contributed by atoms with Gasteiger partial charge in [-0.2, -0.15) is 10.2 Å². The van der Waals surface area contributed by atoms with Gasteiger partial charge in [0.2, 0.25) is 0 Å². The van der Waals surface area contributed by atoms with Crippen LogP contribution >= 0.6 is 0 Å². The van der Waals surface area contributed by atoms with Gasteiger partial charge in [-0.05, 0) is 36.6 Å². The molecule has 0 unspecified atom stereocenters. The number of H-pyrrole nitrogens is 2. The first-order valence-corrected chi connectivity index (χ1v) is 12.0.